The molecule has 0 unspecified atom stereocenters. The summed E-state index contributed by atoms with van der Waals surface area (Å²) >= 11 is 0. The predicted molar refractivity (Wildman–Crippen MR) is 79.4 cm³/mol. The van der Waals surface area contributed by atoms with Gasteiger partial charge in [-0.3, -0.25) is 0 Å². The first-order valence-corrected chi connectivity index (χ1v) is 7.88. The third-order valence-electron chi connectivity index (χ3n) is 3.23. The third kappa shape index (κ3) is 3.29. The van der Waals surface area contributed by atoms with E-state index in [4.69, 9.17) is 5.73 Å². The molecule has 0 amide bonds. The van der Waals surface area contributed by atoms with Crippen molar-refractivity contribution in [1.29, 1.82) is 0 Å². The molecule has 0 saturated carbocycles. The minimum Gasteiger partial charge on any atom is -0.326 e. The molecule has 0 saturated heterocycles. The molecule has 0 aliphatic carbocycles. The van der Waals surface area contributed by atoms with Gasteiger partial charge in [0.25, 0.3) is 0 Å². The van der Waals surface area contributed by atoms with Gasteiger partial charge in [0.15, 0.2) is 0 Å². The van der Waals surface area contributed by atoms with E-state index >= 15 is 0 Å². The second-order valence-corrected chi connectivity index (χ2v) is 6.68. The lowest BCUT2D eigenvalue weighted by Gasteiger charge is -2.19. The van der Waals surface area contributed by atoms with Gasteiger partial charge in [0, 0.05) is 25.7 Å². The summed E-state index contributed by atoms with van der Waals surface area (Å²) in [6, 6.07) is 12.7. The van der Waals surface area contributed by atoms with E-state index in [0.29, 0.717) is 11.1 Å². The standard InChI is InChI=1S/C15H17FN2O2S/c1-18(11-13-7-2-4-8-14(13)16)21(19,20)15-9-5-3-6-12(15)10-17/h2-9H,10-11,17H2,1H3. The number of benzene rings is 2. The van der Waals surface area contributed by atoms with Crippen molar-refractivity contribution >= 4 is 10.0 Å². The zero-order valence-corrected chi connectivity index (χ0v) is 12.5. The number of nitrogens with zero attached hydrogens (tertiary/aromatic N) is 1. The van der Waals surface area contributed by atoms with Crippen LogP contribution in [-0.4, -0.2) is 19.8 Å². The Labute approximate surface area is 124 Å². The van der Waals surface area contributed by atoms with E-state index in [0.717, 1.165) is 4.31 Å². The van der Waals surface area contributed by atoms with Gasteiger partial charge in [-0.1, -0.05) is 36.4 Å². The Kier molecular flexibility index (Phi) is 4.72. The Hall–Kier alpha value is -1.76. The summed E-state index contributed by atoms with van der Waals surface area (Å²) in [7, 11) is -2.28. The molecule has 0 atom stereocenters. The Morgan fingerprint density at radius 1 is 1.05 bits per heavy atom. The molecule has 21 heavy (non-hydrogen) atoms. The van der Waals surface area contributed by atoms with Gasteiger partial charge in [0.05, 0.1) is 4.90 Å². The molecule has 6 heteroatoms. The summed E-state index contributed by atoms with van der Waals surface area (Å²) in [4.78, 5) is 0.159. The van der Waals surface area contributed by atoms with Crippen LogP contribution >= 0.6 is 0 Å². The molecule has 0 aliphatic heterocycles. The molecule has 0 radical (unpaired) electrons. The van der Waals surface area contributed by atoms with E-state index in [1.807, 2.05) is 0 Å². The number of halogens is 1. The first-order chi connectivity index (χ1) is 9.96. The van der Waals surface area contributed by atoms with Crippen LogP contribution in [0, 0.1) is 5.82 Å². The summed E-state index contributed by atoms with van der Waals surface area (Å²) < 4.78 is 39.9. The van der Waals surface area contributed by atoms with Crippen LogP contribution in [0.5, 0.6) is 0 Å². The highest BCUT2D eigenvalue weighted by Crippen LogP contribution is 2.21. The molecule has 2 N–H and O–H groups in total. The molecule has 0 spiro atoms. The first kappa shape index (κ1) is 15.6. The molecule has 0 bridgehead atoms. The van der Waals surface area contributed by atoms with Gasteiger partial charge in [-0.25, -0.2) is 12.8 Å². The lowest BCUT2D eigenvalue weighted by atomic mass is 10.2. The number of rotatable bonds is 5. The van der Waals surface area contributed by atoms with Gasteiger partial charge in [-0.2, -0.15) is 4.31 Å². The van der Waals surface area contributed by atoms with Crippen molar-refractivity contribution < 1.29 is 12.8 Å². The summed E-state index contributed by atoms with van der Waals surface area (Å²) in [6.45, 7) is 0.0941. The van der Waals surface area contributed by atoms with Crippen molar-refractivity contribution in [1.82, 2.24) is 4.31 Å². The van der Waals surface area contributed by atoms with E-state index in [2.05, 4.69) is 0 Å². The maximum Gasteiger partial charge on any atom is 0.243 e. The molecule has 0 aliphatic rings. The predicted octanol–water partition coefficient (Wildman–Crippen LogP) is 2.11. The second-order valence-electron chi connectivity index (χ2n) is 4.66. The second kappa shape index (κ2) is 6.34. The summed E-state index contributed by atoms with van der Waals surface area (Å²) in [5, 5.41) is 0. The molecule has 112 valence electrons. The van der Waals surface area contributed by atoms with Gasteiger partial charge in [-0.05, 0) is 17.7 Å². The van der Waals surface area contributed by atoms with E-state index in [1.165, 1.54) is 19.2 Å². The third-order valence-corrected chi connectivity index (χ3v) is 5.14. The molecule has 0 aromatic heterocycles. The maximum absolute atomic E-state index is 13.6. The van der Waals surface area contributed by atoms with Crippen LogP contribution < -0.4 is 5.73 Å². The van der Waals surface area contributed by atoms with Crippen molar-refractivity contribution in [3.63, 3.8) is 0 Å². The number of hydrogen-bond donors (Lipinski definition) is 1. The van der Waals surface area contributed by atoms with E-state index in [9.17, 15) is 12.8 Å². The fraction of sp³-hybridized carbons (Fsp3) is 0.200. The highest BCUT2D eigenvalue weighted by molar-refractivity contribution is 7.89. The van der Waals surface area contributed by atoms with Crippen LogP contribution in [0.1, 0.15) is 11.1 Å². The zero-order chi connectivity index (χ0) is 15.5. The monoisotopic (exact) mass is 308 g/mol. The Morgan fingerprint density at radius 2 is 1.62 bits per heavy atom. The largest absolute Gasteiger partial charge is 0.326 e. The van der Waals surface area contributed by atoms with Crippen molar-refractivity contribution in [2.75, 3.05) is 7.05 Å². The molecule has 2 aromatic carbocycles. The molecule has 4 nitrogen and oxygen atoms in total. The average Bonchev–Trinajstić information content (AvgIpc) is 2.49. The van der Waals surface area contributed by atoms with E-state index in [-0.39, 0.29) is 18.0 Å². The van der Waals surface area contributed by atoms with Gasteiger partial charge in [-0.15, -0.1) is 0 Å². The summed E-state index contributed by atoms with van der Waals surface area (Å²) in [5.41, 5.74) is 6.45. The van der Waals surface area contributed by atoms with Crippen LogP contribution in [0.15, 0.2) is 53.4 Å². The van der Waals surface area contributed by atoms with E-state index < -0.39 is 15.8 Å². The lowest BCUT2D eigenvalue weighted by molar-refractivity contribution is 0.455. The fourth-order valence-corrected chi connectivity index (χ4v) is 3.42. The van der Waals surface area contributed by atoms with Gasteiger partial charge >= 0.3 is 0 Å². The lowest BCUT2D eigenvalue weighted by Crippen LogP contribution is -2.28. The number of sulfonamides is 1. The van der Waals surface area contributed by atoms with Crippen molar-refractivity contribution in [3.05, 3.63) is 65.5 Å². The van der Waals surface area contributed by atoms with Crippen LogP contribution in [0.2, 0.25) is 0 Å². The topological polar surface area (TPSA) is 63.4 Å². The van der Waals surface area contributed by atoms with Crippen molar-refractivity contribution in [3.8, 4) is 0 Å². The van der Waals surface area contributed by atoms with Gasteiger partial charge in [0.1, 0.15) is 5.82 Å². The van der Waals surface area contributed by atoms with Gasteiger partial charge < -0.3 is 5.73 Å². The SMILES string of the molecule is CN(Cc1ccccc1F)S(=O)(=O)c1ccccc1CN. The highest BCUT2D eigenvalue weighted by atomic mass is 32.2. The Morgan fingerprint density at radius 3 is 2.24 bits per heavy atom. The summed E-state index contributed by atoms with van der Waals surface area (Å²) in [6.07, 6.45) is 0. The van der Waals surface area contributed by atoms with Crippen LogP contribution in [0.4, 0.5) is 4.39 Å². The average molecular weight is 308 g/mol. The number of hydrogen-bond acceptors (Lipinski definition) is 3. The van der Waals surface area contributed by atoms with Crippen molar-refractivity contribution in [2.24, 2.45) is 5.73 Å². The minimum atomic E-state index is -3.71. The van der Waals surface area contributed by atoms with Crippen molar-refractivity contribution in [2.45, 2.75) is 18.0 Å². The smallest absolute Gasteiger partial charge is 0.243 e. The molecular formula is C15H17FN2O2S. The van der Waals surface area contributed by atoms with E-state index in [1.54, 1.807) is 36.4 Å². The minimum absolute atomic E-state index is 0.0338. The Balaban J connectivity index is 2.33. The Bertz CT molecular complexity index is 732. The molecule has 0 heterocycles. The first-order valence-electron chi connectivity index (χ1n) is 6.44. The molecule has 2 rings (SSSR count). The maximum atomic E-state index is 13.6. The molecular weight excluding hydrogens is 291 g/mol. The van der Waals surface area contributed by atoms with Crippen LogP contribution in [0.25, 0.3) is 0 Å². The molecule has 2 aromatic rings. The van der Waals surface area contributed by atoms with Crippen LogP contribution in [-0.2, 0) is 23.1 Å². The number of nitrogens with two attached hydrogens (primary N) is 1. The zero-order valence-electron chi connectivity index (χ0n) is 11.7. The highest BCUT2D eigenvalue weighted by Gasteiger charge is 2.23. The normalized spacial score (nSPS) is 11.8. The fourth-order valence-electron chi connectivity index (χ4n) is 2.04. The van der Waals surface area contributed by atoms with Crippen LogP contribution in [0.3, 0.4) is 0 Å². The van der Waals surface area contributed by atoms with Gasteiger partial charge in [0.2, 0.25) is 10.0 Å². The quantitative estimate of drug-likeness (QED) is 0.920. The summed E-state index contributed by atoms with van der Waals surface area (Å²) in [5.74, 6) is -0.424. The molecule has 0 fully saturated rings.